The lowest BCUT2D eigenvalue weighted by Gasteiger charge is -2.32. The minimum atomic E-state index is -0.801. The molecule has 0 fully saturated rings. The van der Waals surface area contributed by atoms with Crippen molar-refractivity contribution in [1.82, 2.24) is 0 Å². The highest BCUT2D eigenvalue weighted by Gasteiger charge is 2.49. The summed E-state index contributed by atoms with van der Waals surface area (Å²) in [5, 5.41) is 8.79. The Bertz CT molecular complexity index is 486. The van der Waals surface area contributed by atoms with Crippen LogP contribution in [0.4, 0.5) is 0 Å². The molecular formula is C15H19NO3. The first-order chi connectivity index (χ1) is 9.04. The Balaban J connectivity index is 2.33. The van der Waals surface area contributed by atoms with Gasteiger partial charge in [0.25, 0.3) is 0 Å². The van der Waals surface area contributed by atoms with Crippen molar-refractivity contribution in [2.75, 3.05) is 6.61 Å². The van der Waals surface area contributed by atoms with Crippen LogP contribution >= 0.6 is 0 Å². The zero-order chi connectivity index (χ0) is 14.0. The maximum absolute atomic E-state index is 12.4. The molecule has 0 bridgehead atoms. The number of hydrogen-bond acceptors (Lipinski definition) is 4. The number of nitriles is 1. The Hall–Kier alpha value is -1.63. The van der Waals surface area contributed by atoms with Crippen LogP contribution in [0.5, 0.6) is 0 Å². The zero-order valence-electron chi connectivity index (χ0n) is 11.5. The van der Waals surface area contributed by atoms with Crippen LogP contribution in [-0.2, 0) is 14.3 Å². The van der Waals surface area contributed by atoms with Crippen LogP contribution < -0.4 is 0 Å². The molecule has 0 aromatic rings. The number of ketones is 1. The fourth-order valence-corrected chi connectivity index (χ4v) is 3.31. The first-order valence-corrected chi connectivity index (χ1v) is 6.85. The first-order valence-electron chi connectivity index (χ1n) is 6.85. The quantitative estimate of drug-likeness (QED) is 0.732. The third-order valence-electron chi connectivity index (χ3n) is 4.23. The summed E-state index contributed by atoms with van der Waals surface area (Å²) in [6, 6.07) is 2.07. The van der Waals surface area contributed by atoms with E-state index in [-0.39, 0.29) is 24.1 Å². The van der Waals surface area contributed by atoms with Crippen LogP contribution in [0.2, 0.25) is 0 Å². The molecule has 2 rings (SSSR count). The molecule has 0 spiro atoms. The number of esters is 1. The van der Waals surface area contributed by atoms with Gasteiger partial charge in [-0.15, -0.1) is 0 Å². The molecule has 2 aliphatic rings. The highest BCUT2D eigenvalue weighted by atomic mass is 16.5. The highest BCUT2D eigenvalue weighted by Crippen LogP contribution is 2.49. The van der Waals surface area contributed by atoms with Crippen LogP contribution in [-0.4, -0.2) is 18.4 Å². The summed E-state index contributed by atoms with van der Waals surface area (Å²) >= 11 is 0. The Morgan fingerprint density at radius 3 is 2.95 bits per heavy atom. The van der Waals surface area contributed by atoms with Crippen molar-refractivity contribution in [3.8, 4) is 6.07 Å². The maximum atomic E-state index is 12.4. The summed E-state index contributed by atoms with van der Waals surface area (Å²) in [6.07, 6.45) is 3.33. The maximum Gasteiger partial charge on any atom is 0.316 e. The molecule has 0 saturated carbocycles. The molecule has 0 aliphatic heterocycles. The fraction of sp³-hybridized carbons (Fsp3) is 0.667. The van der Waals surface area contributed by atoms with E-state index in [9.17, 15) is 9.59 Å². The summed E-state index contributed by atoms with van der Waals surface area (Å²) in [5.41, 5.74) is 0.926. The molecule has 19 heavy (non-hydrogen) atoms. The molecule has 0 radical (unpaired) electrons. The average molecular weight is 261 g/mol. The molecular weight excluding hydrogens is 242 g/mol. The van der Waals surface area contributed by atoms with Gasteiger partial charge in [0.15, 0.2) is 5.78 Å². The second-order valence-corrected chi connectivity index (χ2v) is 5.51. The van der Waals surface area contributed by atoms with E-state index in [4.69, 9.17) is 10.00 Å². The van der Waals surface area contributed by atoms with Crippen molar-refractivity contribution < 1.29 is 14.3 Å². The number of rotatable bonds is 3. The monoisotopic (exact) mass is 261 g/mol. The molecule has 0 aromatic carbocycles. The third-order valence-corrected chi connectivity index (χ3v) is 4.23. The lowest BCUT2D eigenvalue weighted by molar-refractivity contribution is -0.153. The number of Topliss-reactive ketones (excluding diaryl/α,β-unsaturated/α-hetero) is 1. The normalized spacial score (nSPS) is 29.9. The molecule has 2 unspecified atom stereocenters. The lowest BCUT2D eigenvalue weighted by Crippen LogP contribution is -2.37. The summed E-state index contributed by atoms with van der Waals surface area (Å²) in [7, 11) is 0. The molecule has 4 nitrogen and oxygen atoms in total. The molecule has 0 aromatic heterocycles. The number of nitrogens with zero attached hydrogens (tertiary/aromatic N) is 1. The van der Waals surface area contributed by atoms with E-state index in [0.29, 0.717) is 25.0 Å². The van der Waals surface area contributed by atoms with Crippen molar-refractivity contribution in [1.29, 1.82) is 5.26 Å². The lowest BCUT2D eigenvalue weighted by atomic mass is 9.71. The summed E-state index contributed by atoms with van der Waals surface area (Å²) < 4.78 is 5.15. The Morgan fingerprint density at radius 1 is 1.58 bits per heavy atom. The summed E-state index contributed by atoms with van der Waals surface area (Å²) in [4.78, 5) is 24.6. The van der Waals surface area contributed by atoms with Gasteiger partial charge in [-0.25, -0.2) is 0 Å². The minimum Gasteiger partial charge on any atom is -0.465 e. The van der Waals surface area contributed by atoms with E-state index < -0.39 is 5.41 Å². The molecule has 0 amide bonds. The van der Waals surface area contributed by atoms with Gasteiger partial charge in [-0.2, -0.15) is 5.26 Å². The molecule has 0 heterocycles. The van der Waals surface area contributed by atoms with E-state index in [1.54, 1.807) is 6.92 Å². The second-order valence-electron chi connectivity index (χ2n) is 5.51. The van der Waals surface area contributed by atoms with E-state index >= 15 is 0 Å². The number of hydrogen-bond donors (Lipinski definition) is 0. The van der Waals surface area contributed by atoms with Gasteiger partial charge >= 0.3 is 5.97 Å². The predicted octanol–water partition coefficient (Wildman–Crippen LogP) is 2.54. The van der Waals surface area contributed by atoms with Gasteiger partial charge in [0.1, 0.15) is 0 Å². The predicted molar refractivity (Wildman–Crippen MR) is 69.0 cm³/mol. The zero-order valence-corrected chi connectivity index (χ0v) is 11.5. The molecule has 2 atom stereocenters. The topological polar surface area (TPSA) is 67.2 Å². The number of allylic oxidation sites excluding steroid dienone is 1. The van der Waals surface area contributed by atoms with Gasteiger partial charge < -0.3 is 4.74 Å². The van der Waals surface area contributed by atoms with Crippen molar-refractivity contribution in [2.45, 2.75) is 46.0 Å². The van der Waals surface area contributed by atoms with Gasteiger partial charge in [-0.05, 0) is 39.5 Å². The Labute approximate surface area is 113 Å². The van der Waals surface area contributed by atoms with E-state index in [1.807, 2.05) is 6.92 Å². The van der Waals surface area contributed by atoms with E-state index in [2.05, 4.69) is 6.07 Å². The summed E-state index contributed by atoms with van der Waals surface area (Å²) in [6.45, 7) is 3.91. The molecule has 0 saturated heterocycles. The van der Waals surface area contributed by atoms with Crippen LogP contribution in [0.3, 0.4) is 0 Å². The number of carbonyl (C=O) groups is 2. The van der Waals surface area contributed by atoms with Gasteiger partial charge in [-0.3, -0.25) is 9.59 Å². The van der Waals surface area contributed by atoms with Gasteiger partial charge in [0.05, 0.1) is 18.1 Å². The SMILES string of the molecule is CCOC(=O)C1(C)CCCC2=C1C(=O)C(CC#N)C2. The Kier molecular flexibility index (Phi) is 3.75. The fourth-order valence-electron chi connectivity index (χ4n) is 3.31. The van der Waals surface area contributed by atoms with E-state index in [0.717, 1.165) is 18.4 Å². The van der Waals surface area contributed by atoms with E-state index in [1.165, 1.54) is 0 Å². The Morgan fingerprint density at radius 2 is 2.32 bits per heavy atom. The van der Waals surface area contributed by atoms with Crippen molar-refractivity contribution in [2.24, 2.45) is 11.3 Å². The van der Waals surface area contributed by atoms with Crippen LogP contribution in [0.1, 0.15) is 46.0 Å². The van der Waals surface area contributed by atoms with Gasteiger partial charge in [-0.1, -0.05) is 5.57 Å². The number of carbonyl (C=O) groups excluding carboxylic acids is 2. The average Bonchev–Trinajstić information content (AvgIpc) is 2.69. The molecule has 4 heteroatoms. The molecule has 2 aliphatic carbocycles. The highest BCUT2D eigenvalue weighted by molar-refractivity contribution is 6.06. The number of ether oxygens (including phenoxy) is 1. The van der Waals surface area contributed by atoms with Crippen LogP contribution in [0.15, 0.2) is 11.1 Å². The van der Waals surface area contributed by atoms with Crippen LogP contribution in [0, 0.1) is 22.7 Å². The standard InChI is InChI=1S/C15H19NO3/c1-3-19-14(18)15(2)7-4-5-10-9-11(6-8-16)13(17)12(10)15/h11H,3-7,9H2,1-2H3. The van der Waals surface area contributed by atoms with Crippen LogP contribution in [0.25, 0.3) is 0 Å². The molecule has 102 valence electrons. The second kappa shape index (κ2) is 5.16. The first kappa shape index (κ1) is 13.8. The third kappa shape index (κ3) is 2.18. The van der Waals surface area contributed by atoms with Gasteiger partial charge in [0.2, 0.25) is 0 Å². The molecule has 0 N–H and O–H groups in total. The summed E-state index contributed by atoms with van der Waals surface area (Å²) in [5.74, 6) is -0.554. The minimum absolute atomic E-state index is 0.00759. The van der Waals surface area contributed by atoms with Crippen molar-refractivity contribution in [3.63, 3.8) is 0 Å². The van der Waals surface area contributed by atoms with Crippen molar-refractivity contribution in [3.05, 3.63) is 11.1 Å². The van der Waals surface area contributed by atoms with Gasteiger partial charge in [0, 0.05) is 17.9 Å². The van der Waals surface area contributed by atoms with Crippen molar-refractivity contribution >= 4 is 11.8 Å². The largest absolute Gasteiger partial charge is 0.465 e. The smallest absolute Gasteiger partial charge is 0.316 e.